The molecule has 10 heteroatoms. The highest BCUT2D eigenvalue weighted by Crippen LogP contribution is 2.28. The number of rotatable bonds is 8. The van der Waals surface area contributed by atoms with Crippen molar-refractivity contribution in [3.8, 4) is 5.75 Å². The molecule has 0 bridgehead atoms. The van der Waals surface area contributed by atoms with Gasteiger partial charge in [0.05, 0.1) is 16.4 Å². The number of nitrogens with zero attached hydrogens (tertiary/aromatic N) is 4. The zero-order valence-electron chi connectivity index (χ0n) is 17.5. The molecule has 2 aromatic carbocycles. The second-order valence-electron chi connectivity index (χ2n) is 7.64. The largest absolute Gasteiger partial charge is 0.487 e. The Morgan fingerprint density at radius 3 is 2.78 bits per heavy atom. The summed E-state index contributed by atoms with van der Waals surface area (Å²) in [5, 5.41) is 11.2. The van der Waals surface area contributed by atoms with Crippen molar-refractivity contribution in [3.05, 3.63) is 65.7 Å². The second-order valence-corrected chi connectivity index (χ2v) is 9.39. The summed E-state index contributed by atoms with van der Waals surface area (Å²) in [4.78, 5) is 17.1. The second kappa shape index (κ2) is 9.66. The van der Waals surface area contributed by atoms with Crippen LogP contribution in [0.5, 0.6) is 5.75 Å². The Bertz CT molecular complexity index is 1220. The van der Waals surface area contributed by atoms with Crippen LogP contribution >= 0.6 is 24.0 Å². The molecular weight excluding hydrogens is 449 g/mol. The standard InChI is InChI=1S/C22H22FN5O2S2/c1-13(2)20(21(29)24-10-14-3-5-15(23)6-4-14)28-11-16(26-27-28)12-30-17-7-8-18-19(9-17)32-22(31)25-18/h3-9,11,13,20H,10,12H2,1-2H3,(H,24,29)(H,25,31)/t20-/m0/s1. The summed E-state index contributed by atoms with van der Waals surface area (Å²) in [5.41, 5.74) is 2.31. The van der Waals surface area contributed by atoms with Gasteiger partial charge in [0.1, 0.15) is 34.2 Å². The number of benzene rings is 2. The van der Waals surface area contributed by atoms with E-state index in [9.17, 15) is 9.18 Å². The molecule has 0 aliphatic carbocycles. The van der Waals surface area contributed by atoms with E-state index in [1.54, 1.807) is 23.0 Å². The number of thiazole rings is 1. The van der Waals surface area contributed by atoms with Crippen LogP contribution in [0.3, 0.4) is 0 Å². The Morgan fingerprint density at radius 2 is 2.03 bits per heavy atom. The van der Waals surface area contributed by atoms with Gasteiger partial charge in [0.25, 0.3) is 0 Å². The summed E-state index contributed by atoms with van der Waals surface area (Å²) < 4.78 is 22.2. The number of hydrogen-bond acceptors (Lipinski definition) is 7. The van der Waals surface area contributed by atoms with Gasteiger partial charge in [0.2, 0.25) is 5.91 Å². The summed E-state index contributed by atoms with van der Waals surface area (Å²) in [7, 11) is 0. The molecule has 0 unspecified atom stereocenters. The van der Waals surface area contributed by atoms with Crippen LogP contribution in [0.1, 0.15) is 31.1 Å². The molecular formula is C22H22FN5O2S2. The first-order valence-electron chi connectivity index (χ1n) is 10.0. The summed E-state index contributed by atoms with van der Waals surface area (Å²) in [5.74, 6) is 0.195. The van der Waals surface area contributed by atoms with Crippen LogP contribution < -0.4 is 10.1 Å². The minimum atomic E-state index is -0.529. The van der Waals surface area contributed by atoms with E-state index < -0.39 is 6.04 Å². The Labute approximate surface area is 194 Å². The maximum atomic E-state index is 13.1. The first-order valence-corrected chi connectivity index (χ1v) is 11.3. The van der Waals surface area contributed by atoms with Crippen molar-refractivity contribution in [2.75, 3.05) is 0 Å². The van der Waals surface area contributed by atoms with E-state index in [2.05, 4.69) is 33.2 Å². The van der Waals surface area contributed by atoms with E-state index in [1.165, 1.54) is 23.5 Å². The van der Waals surface area contributed by atoms with Crippen molar-refractivity contribution >= 4 is 40.1 Å². The molecule has 2 heterocycles. The third-order valence-electron chi connectivity index (χ3n) is 4.86. The van der Waals surface area contributed by atoms with E-state index in [0.717, 1.165) is 15.8 Å². The number of amides is 1. The number of nitrogens with one attached hydrogen (secondary N) is 1. The van der Waals surface area contributed by atoms with Crippen molar-refractivity contribution in [2.24, 2.45) is 5.92 Å². The summed E-state index contributed by atoms with van der Waals surface area (Å²) in [6.45, 7) is 4.42. The first-order chi connectivity index (χ1) is 15.4. The molecule has 7 nitrogen and oxygen atoms in total. The van der Waals surface area contributed by atoms with Gasteiger partial charge in [-0.3, -0.25) is 4.79 Å². The van der Waals surface area contributed by atoms with Gasteiger partial charge >= 0.3 is 0 Å². The van der Waals surface area contributed by atoms with Gasteiger partial charge in [-0.1, -0.05) is 31.2 Å². The number of fused-ring (bicyclic) bond motifs is 1. The Hall–Kier alpha value is -2.98. The molecule has 0 saturated heterocycles. The van der Waals surface area contributed by atoms with Gasteiger partial charge in [0, 0.05) is 6.54 Å². The van der Waals surface area contributed by atoms with Crippen LogP contribution in [0.2, 0.25) is 0 Å². The number of hydrogen-bond donors (Lipinski definition) is 2. The molecule has 4 rings (SSSR count). The molecule has 0 aliphatic rings. The number of aromatic nitrogens is 4. The van der Waals surface area contributed by atoms with Crippen LogP contribution in [-0.4, -0.2) is 25.9 Å². The fourth-order valence-electron chi connectivity index (χ4n) is 3.28. The third kappa shape index (κ3) is 5.25. The van der Waals surface area contributed by atoms with Gasteiger partial charge in [0.15, 0.2) is 0 Å². The molecule has 166 valence electrons. The van der Waals surface area contributed by atoms with Crippen LogP contribution in [0, 0.1) is 11.7 Å². The van der Waals surface area contributed by atoms with E-state index in [0.29, 0.717) is 22.3 Å². The van der Waals surface area contributed by atoms with Crippen molar-refractivity contribution in [1.82, 2.24) is 25.3 Å². The number of thiol groups is 1. The maximum absolute atomic E-state index is 13.1. The number of carbonyl (C=O) groups is 1. The Morgan fingerprint density at radius 1 is 1.25 bits per heavy atom. The lowest BCUT2D eigenvalue weighted by molar-refractivity contribution is -0.126. The first kappa shape index (κ1) is 22.2. The molecule has 2 aromatic heterocycles. The molecule has 0 fully saturated rings. The van der Waals surface area contributed by atoms with E-state index in [-0.39, 0.29) is 24.2 Å². The van der Waals surface area contributed by atoms with Gasteiger partial charge in [-0.2, -0.15) is 0 Å². The van der Waals surface area contributed by atoms with Crippen molar-refractivity contribution in [1.29, 1.82) is 0 Å². The van der Waals surface area contributed by atoms with Crippen molar-refractivity contribution in [2.45, 2.75) is 37.4 Å². The minimum Gasteiger partial charge on any atom is -0.487 e. The lowest BCUT2D eigenvalue weighted by Gasteiger charge is -2.20. The predicted octanol–water partition coefficient (Wildman–Crippen LogP) is 4.41. The van der Waals surface area contributed by atoms with Crippen LogP contribution in [0.15, 0.2) is 53.0 Å². The highest BCUT2D eigenvalue weighted by molar-refractivity contribution is 7.82. The monoisotopic (exact) mass is 471 g/mol. The lowest BCUT2D eigenvalue weighted by Crippen LogP contribution is -2.35. The zero-order valence-corrected chi connectivity index (χ0v) is 19.2. The molecule has 32 heavy (non-hydrogen) atoms. The Balaban J connectivity index is 1.39. The van der Waals surface area contributed by atoms with E-state index in [1.807, 2.05) is 32.0 Å². The topological polar surface area (TPSA) is 81.9 Å². The van der Waals surface area contributed by atoms with Crippen LogP contribution in [-0.2, 0) is 17.9 Å². The van der Waals surface area contributed by atoms with E-state index >= 15 is 0 Å². The highest BCUT2D eigenvalue weighted by atomic mass is 32.2. The van der Waals surface area contributed by atoms with Gasteiger partial charge in [-0.05, 0) is 41.8 Å². The average Bonchev–Trinajstić information content (AvgIpc) is 3.37. The van der Waals surface area contributed by atoms with E-state index in [4.69, 9.17) is 4.74 Å². The quantitative estimate of drug-likeness (QED) is 0.372. The number of ether oxygens (including phenoxy) is 1. The number of halogens is 1. The fourth-order valence-corrected chi connectivity index (χ4v) is 4.42. The van der Waals surface area contributed by atoms with Crippen LogP contribution in [0.25, 0.3) is 10.2 Å². The zero-order chi connectivity index (χ0) is 22.7. The van der Waals surface area contributed by atoms with Gasteiger partial charge in [-0.15, -0.1) is 29.1 Å². The predicted molar refractivity (Wildman–Crippen MR) is 123 cm³/mol. The molecule has 4 aromatic rings. The summed E-state index contributed by atoms with van der Waals surface area (Å²) >= 11 is 5.76. The molecule has 1 amide bonds. The molecule has 0 saturated carbocycles. The van der Waals surface area contributed by atoms with Crippen molar-refractivity contribution < 1.29 is 13.9 Å². The third-order valence-corrected chi connectivity index (χ3v) is 6.05. The normalized spacial score (nSPS) is 12.3. The van der Waals surface area contributed by atoms with Gasteiger partial charge < -0.3 is 10.1 Å². The van der Waals surface area contributed by atoms with Crippen molar-refractivity contribution in [3.63, 3.8) is 0 Å². The SMILES string of the molecule is CC(C)[C@@H](C(=O)NCc1ccc(F)cc1)n1cc(COc2ccc3nc(S)sc3c2)nn1. The molecule has 0 aliphatic heterocycles. The highest BCUT2D eigenvalue weighted by Gasteiger charge is 2.25. The molecule has 0 spiro atoms. The Kier molecular flexibility index (Phi) is 6.71. The minimum absolute atomic E-state index is 0.0112. The summed E-state index contributed by atoms with van der Waals surface area (Å²) in [6.07, 6.45) is 1.72. The smallest absolute Gasteiger partial charge is 0.245 e. The fraction of sp³-hybridized carbons (Fsp3) is 0.273. The lowest BCUT2D eigenvalue weighted by atomic mass is 10.0. The number of carbonyl (C=O) groups excluding carboxylic acids is 1. The molecule has 0 radical (unpaired) electrons. The van der Waals surface area contributed by atoms with Crippen LogP contribution in [0.4, 0.5) is 4.39 Å². The maximum Gasteiger partial charge on any atom is 0.245 e. The molecule has 1 N–H and O–H groups in total. The average molecular weight is 472 g/mol. The summed E-state index contributed by atoms with van der Waals surface area (Å²) in [6, 6.07) is 11.1. The molecule has 1 atom stereocenters. The van der Waals surface area contributed by atoms with Gasteiger partial charge in [-0.25, -0.2) is 14.1 Å².